The number of nitrogens with zero attached hydrogens (tertiary/aromatic N) is 2. The molecule has 1 N–H and O–H groups in total. The molecule has 1 aliphatic heterocycles. The molecule has 3 rings (SSSR count). The van der Waals surface area contributed by atoms with Gasteiger partial charge in [0.1, 0.15) is 5.82 Å². The van der Waals surface area contributed by atoms with Crippen LogP contribution in [-0.4, -0.2) is 54.8 Å². The highest BCUT2D eigenvalue weighted by atomic mass is 19.1. The van der Waals surface area contributed by atoms with Gasteiger partial charge in [0.15, 0.2) is 0 Å². The summed E-state index contributed by atoms with van der Waals surface area (Å²) in [4.78, 5) is 28.9. The molecule has 25 heavy (non-hydrogen) atoms. The number of carbonyl (C=O) groups excluding carboxylic acids is 2. The van der Waals surface area contributed by atoms with Crippen LogP contribution in [0.5, 0.6) is 0 Å². The minimum atomic E-state index is -0.363. The molecule has 0 aliphatic carbocycles. The lowest BCUT2D eigenvalue weighted by atomic mass is 10.1. The van der Waals surface area contributed by atoms with Crippen molar-refractivity contribution in [2.45, 2.75) is 0 Å². The molecule has 1 fully saturated rings. The molecular formula is C19H20FN3O2. The molecule has 0 radical (unpaired) electrons. The molecule has 0 aromatic heterocycles. The molecule has 0 bridgehead atoms. The first-order chi connectivity index (χ1) is 12.0. The van der Waals surface area contributed by atoms with E-state index in [1.807, 2.05) is 7.05 Å². The first kappa shape index (κ1) is 17.1. The third-order valence-electron chi connectivity index (χ3n) is 4.26. The summed E-state index contributed by atoms with van der Waals surface area (Å²) in [7, 11) is 2.03. The van der Waals surface area contributed by atoms with E-state index in [0.717, 1.165) is 13.1 Å². The molecule has 2 amide bonds. The maximum atomic E-state index is 12.9. The smallest absolute Gasteiger partial charge is 0.255 e. The molecule has 2 aromatic rings. The first-order valence-electron chi connectivity index (χ1n) is 8.18. The number of hydrogen-bond donors (Lipinski definition) is 1. The summed E-state index contributed by atoms with van der Waals surface area (Å²) in [5.41, 5.74) is 1.39. The zero-order valence-electron chi connectivity index (χ0n) is 14.0. The van der Waals surface area contributed by atoms with Crippen LogP contribution >= 0.6 is 0 Å². The van der Waals surface area contributed by atoms with Crippen LogP contribution in [0, 0.1) is 5.82 Å². The van der Waals surface area contributed by atoms with Crippen LogP contribution in [0.1, 0.15) is 20.7 Å². The molecule has 6 heteroatoms. The quantitative estimate of drug-likeness (QED) is 0.933. The lowest BCUT2D eigenvalue weighted by Gasteiger charge is -2.32. The van der Waals surface area contributed by atoms with E-state index in [1.165, 1.54) is 24.3 Å². The van der Waals surface area contributed by atoms with E-state index in [1.54, 1.807) is 29.2 Å². The highest BCUT2D eigenvalue weighted by molar-refractivity contribution is 6.06. The van der Waals surface area contributed by atoms with E-state index in [0.29, 0.717) is 29.9 Å². The van der Waals surface area contributed by atoms with E-state index in [-0.39, 0.29) is 17.6 Å². The number of benzene rings is 2. The highest BCUT2D eigenvalue weighted by Crippen LogP contribution is 2.14. The van der Waals surface area contributed by atoms with E-state index < -0.39 is 0 Å². The van der Waals surface area contributed by atoms with Crippen LogP contribution in [-0.2, 0) is 0 Å². The van der Waals surface area contributed by atoms with Crippen molar-refractivity contribution in [3.05, 3.63) is 65.5 Å². The number of nitrogens with one attached hydrogen (secondary N) is 1. The first-order valence-corrected chi connectivity index (χ1v) is 8.18. The molecule has 0 spiro atoms. The Bertz CT molecular complexity index is 768. The van der Waals surface area contributed by atoms with Crippen molar-refractivity contribution in [1.82, 2.24) is 9.80 Å². The van der Waals surface area contributed by atoms with Gasteiger partial charge < -0.3 is 15.1 Å². The van der Waals surface area contributed by atoms with Gasteiger partial charge in [0.25, 0.3) is 11.8 Å². The Labute approximate surface area is 146 Å². The van der Waals surface area contributed by atoms with Crippen molar-refractivity contribution >= 4 is 17.5 Å². The van der Waals surface area contributed by atoms with Gasteiger partial charge in [-0.15, -0.1) is 0 Å². The zero-order chi connectivity index (χ0) is 17.8. The Kier molecular flexibility index (Phi) is 5.09. The van der Waals surface area contributed by atoms with Crippen LogP contribution in [0.25, 0.3) is 0 Å². The average molecular weight is 341 g/mol. The summed E-state index contributed by atoms with van der Waals surface area (Å²) in [5.74, 6) is -0.762. The predicted molar refractivity (Wildman–Crippen MR) is 94.2 cm³/mol. The maximum Gasteiger partial charge on any atom is 0.255 e. The van der Waals surface area contributed by atoms with Gasteiger partial charge in [0.2, 0.25) is 0 Å². The van der Waals surface area contributed by atoms with Gasteiger partial charge in [-0.25, -0.2) is 4.39 Å². The number of anilines is 1. The molecule has 5 nitrogen and oxygen atoms in total. The Morgan fingerprint density at radius 3 is 2.28 bits per heavy atom. The van der Waals surface area contributed by atoms with Gasteiger partial charge in [-0.3, -0.25) is 9.59 Å². The van der Waals surface area contributed by atoms with Crippen molar-refractivity contribution < 1.29 is 14.0 Å². The lowest BCUT2D eigenvalue weighted by Crippen LogP contribution is -2.47. The number of carbonyl (C=O) groups is 2. The van der Waals surface area contributed by atoms with Crippen LogP contribution in [0.3, 0.4) is 0 Å². The van der Waals surface area contributed by atoms with E-state index in [4.69, 9.17) is 0 Å². The zero-order valence-corrected chi connectivity index (χ0v) is 14.0. The number of rotatable bonds is 3. The van der Waals surface area contributed by atoms with Crippen molar-refractivity contribution in [3.63, 3.8) is 0 Å². The normalized spacial score (nSPS) is 15.0. The minimum Gasteiger partial charge on any atom is -0.336 e. The highest BCUT2D eigenvalue weighted by Gasteiger charge is 2.21. The lowest BCUT2D eigenvalue weighted by molar-refractivity contribution is 0.0664. The number of halogens is 1. The molecule has 0 unspecified atom stereocenters. The fourth-order valence-electron chi connectivity index (χ4n) is 2.72. The Hall–Kier alpha value is -2.73. The van der Waals surface area contributed by atoms with Gasteiger partial charge in [-0.05, 0) is 49.5 Å². The third-order valence-corrected chi connectivity index (χ3v) is 4.26. The Morgan fingerprint density at radius 2 is 1.60 bits per heavy atom. The second kappa shape index (κ2) is 7.44. The van der Waals surface area contributed by atoms with E-state index in [9.17, 15) is 14.0 Å². The summed E-state index contributed by atoms with van der Waals surface area (Å²) in [5, 5.41) is 2.70. The molecular weight excluding hydrogens is 321 g/mol. The Morgan fingerprint density at radius 1 is 0.960 bits per heavy atom. The summed E-state index contributed by atoms with van der Waals surface area (Å²) < 4.78 is 12.9. The SMILES string of the molecule is CN1CCN(C(=O)c2cccc(C(=O)Nc3ccc(F)cc3)c2)CC1. The minimum absolute atomic E-state index is 0.0652. The van der Waals surface area contributed by atoms with Gasteiger partial charge in [-0.2, -0.15) is 0 Å². The predicted octanol–water partition coefficient (Wildman–Crippen LogP) is 2.47. The van der Waals surface area contributed by atoms with Crippen molar-refractivity contribution in [2.75, 3.05) is 38.5 Å². The summed E-state index contributed by atoms with van der Waals surface area (Å²) in [6.45, 7) is 3.05. The second-order valence-electron chi connectivity index (χ2n) is 6.14. The number of piperazine rings is 1. The fourth-order valence-corrected chi connectivity index (χ4v) is 2.72. The molecule has 1 heterocycles. The van der Waals surface area contributed by atoms with Crippen LogP contribution in [0.15, 0.2) is 48.5 Å². The van der Waals surface area contributed by atoms with E-state index in [2.05, 4.69) is 10.2 Å². The molecule has 0 atom stereocenters. The van der Waals surface area contributed by atoms with Crippen molar-refractivity contribution in [3.8, 4) is 0 Å². The molecule has 1 aliphatic rings. The Balaban J connectivity index is 1.71. The molecule has 1 saturated heterocycles. The van der Waals surface area contributed by atoms with Crippen molar-refractivity contribution in [2.24, 2.45) is 0 Å². The van der Waals surface area contributed by atoms with Crippen LogP contribution < -0.4 is 5.32 Å². The molecule has 0 saturated carbocycles. The maximum absolute atomic E-state index is 12.9. The standard InChI is InChI=1S/C19H20FN3O2/c1-22-9-11-23(12-10-22)19(25)15-4-2-3-14(13-15)18(24)21-17-7-5-16(20)6-8-17/h2-8,13H,9-12H2,1H3,(H,21,24). The van der Waals surface area contributed by atoms with E-state index >= 15 is 0 Å². The van der Waals surface area contributed by atoms with Crippen LogP contribution in [0.2, 0.25) is 0 Å². The van der Waals surface area contributed by atoms with Gasteiger partial charge in [0.05, 0.1) is 0 Å². The van der Waals surface area contributed by atoms with Crippen molar-refractivity contribution in [1.29, 1.82) is 0 Å². The fraction of sp³-hybridized carbons (Fsp3) is 0.263. The van der Waals surface area contributed by atoms with Gasteiger partial charge >= 0.3 is 0 Å². The topological polar surface area (TPSA) is 52.7 Å². The number of hydrogen-bond acceptors (Lipinski definition) is 3. The summed E-state index contributed by atoms with van der Waals surface area (Å²) in [6.07, 6.45) is 0. The van der Waals surface area contributed by atoms with Gasteiger partial charge in [0, 0.05) is 43.0 Å². The largest absolute Gasteiger partial charge is 0.336 e. The van der Waals surface area contributed by atoms with Crippen LogP contribution in [0.4, 0.5) is 10.1 Å². The molecule has 2 aromatic carbocycles. The summed E-state index contributed by atoms with van der Waals surface area (Å²) >= 11 is 0. The number of likely N-dealkylation sites (N-methyl/N-ethyl adjacent to an activating group) is 1. The average Bonchev–Trinajstić information content (AvgIpc) is 2.64. The molecule has 130 valence electrons. The monoisotopic (exact) mass is 341 g/mol. The number of amides is 2. The third kappa shape index (κ3) is 4.22. The van der Waals surface area contributed by atoms with Gasteiger partial charge in [-0.1, -0.05) is 6.07 Å². The summed E-state index contributed by atoms with van der Waals surface area (Å²) in [6, 6.07) is 12.2. The second-order valence-corrected chi connectivity index (χ2v) is 6.14.